The molecule has 1 saturated carbocycles. The molecule has 0 unspecified atom stereocenters. The maximum absolute atomic E-state index is 5.79. The molecule has 0 aliphatic heterocycles. The lowest BCUT2D eigenvalue weighted by Crippen LogP contribution is -1.99. The topological polar surface area (TPSA) is 38.9 Å². The first-order valence-corrected chi connectivity index (χ1v) is 6.79. The molecule has 0 bridgehead atoms. The van der Waals surface area contributed by atoms with Crippen LogP contribution in [0.25, 0.3) is 0 Å². The van der Waals surface area contributed by atoms with Crippen molar-refractivity contribution in [2.45, 2.75) is 31.4 Å². The zero-order valence-corrected chi connectivity index (χ0v) is 9.80. The number of hydrogen-bond donors (Lipinski definition) is 1. The van der Waals surface area contributed by atoms with Crippen LogP contribution in [0.15, 0.2) is 18.3 Å². The Morgan fingerprint density at radius 3 is 2.93 bits per heavy atom. The molecule has 0 radical (unpaired) electrons. The maximum atomic E-state index is 5.79. The molecule has 15 heavy (non-hydrogen) atoms. The maximum Gasteiger partial charge on any atom is 0.127 e. The van der Waals surface area contributed by atoms with Crippen molar-refractivity contribution in [3.63, 3.8) is 0 Å². The van der Waals surface area contributed by atoms with Crippen LogP contribution < -0.4 is 5.73 Å². The first-order chi connectivity index (χ1) is 7.36. The lowest BCUT2D eigenvalue weighted by molar-refractivity contribution is 0.623. The molecule has 0 spiro atoms. The standard InChI is InChI=1S/C12H18N2S/c13-12-11(6-3-7-14-12)9-15-8-10-4-1-2-5-10/h3,6-7,10H,1-2,4-5,8-9H2,(H2,13,14). The quantitative estimate of drug-likeness (QED) is 0.851. The van der Waals surface area contributed by atoms with E-state index in [0.29, 0.717) is 5.82 Å². The molecule has 1 heterocycles. The molecule has 1 aliphatic carbocycles. The fourth-order valence-electron chi connectivity index (χ4n) is 2.09. The monoisotopic (exact) mass is 222 g/mol. The molecular weight excluding hydrogens is 204 g/mol. The van der Waals surface area contributed by atoms with Gasteiger partial charge < -0.3 is 5.73 Å². The van der Waals surface area contributed by atoms with Gasteiger partial charge >= 0.3 is 0 Å². The van der Waals surface area contributed by atoms with Gasteiger partial charge in [0.1, 0.15) is 5.82 Å². The number of nitrogens with two attached hydrogens (primary N) is 1. The van der Waals surface area contributed by atoms with Crippen LogP contribution in [0.1, 0.15) is 31.2 Å². The van der Waals surface area contributed by atoms with Gasteiger partial charge in [0.15, 0.2) is 0 Å². The van der Waals surface area contributed by atoms with Gasteiger partial charge in [-0.2, -0.15) is 11.8 Å². The number of thioether (sulfide) groups is 1. The Morgan fingerprint density at radius 1 is 1.40 bits per heavy atom. The zero-order valence-electron chi connectivity index (χ0n) is 8.98. The van der Waals surface area contributed by atoms with Gasteiger partial charge in [0, 0.05) is 17.5 Å². The Kier molecular flexibility index (Phi) is 3.89. The summed E-state index contributed by atoms with van der Waals surface area (Å²) >= 11 is 2.00. The highest BCUT2D eigenvalue weighted by Crippen LogP contribution is 2.29. The number of pyridine rings is 1. The van der Waals surface area contributed by atoms with Crippen molar-refractivity contribution < 1.29 is 0 Å². The molecule has 1 aromatic rings. The van der Waals surface area contributed by atoms with E-state index in [0.717, 1.165) is 11.7 Å². The van der Waals surface area contributed by atoms with Crippen LogP contribution in [-0.2, 0) is 5.75 Å². The smallest absolute Gasteiger partial charge is 0.127 e. The molecule has 2 nitrogen and oxygen atoms in total. The van der Waals surface area contributed by atoms with Gasteiger partial charge in [-0.05, 0) is 30.6 Å². The van der Waals surface area contributed by atoms with E-state index in [4.69, 9.17) is 5.73 Å². The molecule has 0 aromatic carbocycles. The molecule has 3 heteroatoms. The van der Waals surface area contributed by atoms with E-state index < -0.39 is 0 Å². The third-order valence-electron chi connectivity index (χ3n) is 3.01. The minimum absolute atomic E-state index is 0.691. The summed E-state index contributed by atoms with van der Waals surface area (Å²) in [5, 5.41) is 0. The Bertz CT molecular complexity index is 308. The second-order valence-electron chi connectivity index (χ2n) is 4.21. The highest BCUT2D eigenvalue weighted by molar-refractivity contribution is 7.98. The number of anilines is 1. The lowest BCUT2D eigenvalue weighted by atomic mass is 10.1. The van der Waals surface area contributed by atoms with Crippen LogP contribution in [0.3, 0.4) is 0 Å². The number of rotatable bonds is 4. The average Bonchev–Trinajstić information content (AvgIpc) is 2.74. The number of nitrogens with zero attached hydrogens (tertiary/aromatic N) is 1. The molecule has 0 amide bonds. The van der Waals surface area contributed by atoms with E-state index in [1.54, 1.807) is 6.20 Å². The minimum atomic E-state index is 0.691. The van der Waals surface area contributed by atoms with E-state index >= 15 is 0 Å². The molecule has 2 N–H and O–H groups in total. The van der Waals surface area contributed by atoms with Gasteiger partial charge in [0.2, 0.25) is 0 Å². The van der Waals surface area contributed by atoms with Crippen LogP contribution >= 0.6 is 11.8 Å². The van der Waals surface area contributed by atoms with E-state index in [1.807, 2.05) is 17.8 Å². The molecular formula is C12H18N2S. The molecule has 0 atom stereocenters. The van der Waals surface area contributed by atoms with Crippen LogP contribution in [0.5, 0.6) is 0 Å². The van der Waals surface area contributed by atoms with Crippen LogP contribution in [0, 0.1) is 5.92 Å². The van der Waals surface area contributed by atoms with E-state index in [2.05, 4.69) is 11.1 Å². The summed E-state index contributed by atoms with van der Waals surface area (Å²) in [6, 6.07) is 4.03. The van der Waals surface area contributed by atoms with Gasteiger partial charge in [-0.25, -0.2) is 4.98 Å². The Labute approximate surface area is 95.7 Å². The van der Waals surface area contributed by atoms with Crippen molar-refractivity contribution in [1.29, 1.82) is 0 Å². The largest absolute Gasteiger partial charge is 0.383 e. The Morgan fingerprint density at radius 2 is 2.20 bits per heavy atom. The molecule has 1 aliphatic rings. The zero-order chi connectivity index (χ0) is 10.5. The number of nitrogen functional groups attached to an aromatic ring is 1. The highest BCUT2D eigenvalue weighted by Gasteiger charge is 2.14. The van der Waals surface area contributed by atoms with E-state index in [1.165, 1.54) is 37.0 Å². The first kappa shape index (κ1) is 10.8. The van der Waals surface area contributed by atoms with Gasteiger partial charge in [0.05, 0.1) is 0 Å². The molecule has 1 aromatic heterocycles. The predicted molar refractivity (Wildman–Crippen MR) is 66.8 cm³/mol. The summed E-state index contributed by atoms with van der Waals surface area (Å²) in [6.45, 7) is 0. The van der Waals surface area contributed by atoms with Crippen molar-refractivity contribution in [3.8, 4) is 0 Å². The summed E-state index contributed by atoms with van der Waals surface area (Å²) in [6.07, 6.45) is 7.46. The summed E-state index contributed by atoms with van der Waals surface area (Å²) in [5.74, 6) is 3.94. The summed E-state index contributed by atoms with van der Waals surface area (Å²) in [7, 11) is 0. The van der Waals surface area contributed by atoms with Crippen molar-refractivity contribution in [1.82, 2.24) is 4.98 Å². The van der Waals surface area contributed by atoms with Crippen molar-refractivity contribution in [2.75, 3.05) is 11.5 Å². The second kappa shape index (κ2) is 5.40. The minimum Gasteiger partial charge on any atom is -0.383 e. The van der Waals surface area contributed by atoms with Crippen LogP contribution in [0.2, 0.25) is 0 Å². The Balaban J connectivity index is 1.75. The summed E-state index contributed by atoms with van der Waals surface area (Å²) < 4.78 is 0. The van der Waals surface area contributed by atoms with Gasteiger partial charge in [-0.3, -0.25) is 0 Å². The van der Waals surface area contributed by atoms with Gasteiger partial charge in [-0.1, -0.05) is 18.9 Å². The highest BCUT2D eigenvalue weighted by atomic mass is 32.2. The molecule has 0 saturated heterocycles. The summed E-state index contributed by atoms with van der Waals surface area (Å²) in [4.78, 5) is 4.09. The van der Waals surface area contributed by atoms with E-state index in [9.17, 15) is 0 Å². The third-order valence-corrected chi connectivity index (χ3v) is 4.23. The normalized spacial score (nSPS) is 17.1. The van der Waals surface area contributed by atoms with Gasteiger partial charge in [0.25, 0.3) is 0 Å². The Hall–Kier alpha value is -0.700. The van der Waals surface area contributed by atoms with Crippen molar-refractivity contribution >= 4 is 17.6 Å². The van der Waals surface area contributed by atoms with Crippen molar-refractivity contribution in [2.24, 2.45) is 5.92 Å². The summed E-state index contributed by atoms with van der Waals surface area (Å²) in [5.41, 5.74) is 6.97. The van der Waals surface area contributed by atoms with Gasteiger partial charge in [-0.15, -0.1) is 0 Å². The third kappa shape index (κ3) is 3.13. The second-order valence-corrected chi connectivity index (χ2v) is 5.24. The number of aromatic nitrogens is 1. The molecule has 2 rings (SSSR count). The lowest BCUT2D eigenvalue weighted by Gasteiger charge is -2.08. The fraction of sp³-hybridized carbons (Fsp3) is 0.583. The van der Waals surface area contributed by atoms with E-state index in [-0.39, 0.29) is 0 Å². The fourth-order valence-corrected chi connectivity index (χ4v) is 3.33. The average molecular weight is 222 g/mol. The van der Waals surface area contributed by atoms with Crippen molar-refractivity contribution in [3.05, 3.63) is 23.9 Å². The van der Waals surface area contributed by atoms with Crippen LogP contribution in [-0.4, -0.2) is 10.7 Å². The number of hydrogen-bond acceptors (Lipinski definition) is 3. The molecule has 82 valence electrons. The van der Waals surface area contributed by atoms with Crippen LogP contribution in [0.4, 0.5) is 5.82 Å². The predicted octanol–water partition coefficient (Wildman–Crippen LogP) is 3.09. The molecule has 1 fully saturated rings. The first-order valence-electron chi connectivity index (χ1n) is 5.63. The SMILES string of the molecule is Nc1ncccc1CSCC1CCCC1.